The maximum atomic E-state index is 12.9. The van der Waals surface area contributed by atoms with Crippen LogP contribution in [-0.4, -0.2) is 33.0 Å². The van der Waals surface area contributed by atoms with Crippen LogP contribution >= 0.6 is 11.5 Å². The standard InChI is InChI=1S/C14H15FN4OS/c15-11-3-1-10(2-4-11)8-19-6-5-13(14(19)20)16-7-12-9-21-18-17-12/h1-4,9,13,16H,5-8H2. The fraction of sp³-hybridized carbons (Fsp3) is 0.357. The lowest BCUT2D eigenvalue weighted by molar-refractivity contribution is -0.129. The van der Waals surface area contributed by atoms with E-state index in [1.807, 2.05) is 5.38 Å². The number of amides is 1. The number of carbonyl (C=O) groups excluding carboxylic acids is 1. The lowest BCUT2D eigenvalue weighted by atomic mass is 10.2. The lowest BCUT2D eigenvalue weighted by Gasteiger charge is -2.17. The number of aromatic nitrogens is 2. The van der Waals surface area contributed by atoms with Gasteiger partial charge in [-0.15, -0.1) is 5.10 Å². The zero-order valence-electron chi connectivity index (χ0n) is 11.3. The summed E-state index contributed by atoms with van der Waals surface area (Å²) in [6, 6.07) is 6.09. The summed E-state index contributed by atoms with van der Waals surface area (Å²) in [7, 11) is 0. The summed E-state index contributed by atoms with van der Waals surface area (Å²) in [5, 5.41) is 9.02. The van der Waals surface area contributed by atoms with Crippen LogP contribution in [0.3, 0.4) is 0 Å². The Balaban J connectivity index is 1.54. The topological polar surface area (TPSA) is 58.1 Å². The predicted molar refractivity (Wildman–Crippen MR) is 77.0 cm³/mol. The summed E-state index contributed by atoms with van der Waals surface area (Å²) in [6.45, 7) is 1.79. The molecule has 1 aromatic heterocycles. The van der Waals surface area contributed by atoms with Gasteiger partial charge < -0.3 is 10.2 Å². The minimum atomic E-state index is -0.261. The van der Waals surface area contributed by atoms with E-state index >= 15 is 0 Å². The van der Waals surface area contributed by atoms with Crippen molar-refractivity contribution in [3.8, 4) is 0 Å². The van der Waals surface area contributed by atoms with Crippen LogP contribution in [0.5, 0.6) is 0 Å². The van der Waals surface area contributed by atoms with Crippen molar-refractivity contribution in [2.45, 2.75) is 25.6 Å². The highest BCUT2D eigenvalue weighted by Gasteiger charge is 2.31. The largest absolute Gasteiger partial charge is 0.337 e. The first-order chi connectivity index (χ1) is 10.2. The first-order valence-electron chi connectivity index (χ1n) is 6.75. The third-order valence-corrected chi connectivity index (χ3v) is 4.07. The minimum absolute atomic E-state index is 0.0857. The Morgan fingerprint density at radius 3 is 2.90 bits per heavy atom. The van der Waals surface area contributed by atoms with Gasteiger partial charge in [0.15, 0.2) is 0 Å². The summed E-state index contributed by atoms with van der Waals surface area (Å²) in [5.41, 5.74) is 1.79. The van der Waals surface area contributed by atoms with Crippen molar-refractivity contribution < 1.29 is 9.18 Å². The van der Waals surface area contributed by atoms with E-state index in [2.05, 4.69) is 14.9 Å². The fourth-order valence-corrected chi connectivity index (χ4v) is 2.84. The van der Waals surface area contributed by atoms with E-state index in [0.29, 0.717) is 19.6 Å². The number of benzene rings is 1. The Morgan fingerprint density at radius 1 is 1.38 bits per heavy atom. The van der Waals surface area contributed by atoms with Gasteiger partial charge in [-0.3, -0.25) is 4.79 Å². The van der Waals surface area contributed by atoms with Crippen molar-refractivity contribution in [2.24, 2.45) is 0 Å². The summed E-state index contributed by atoms with van der Waals surface area (Å²) >= 11 is 1.30. The Bertz CT molecular complexity index is 602. The number of hydrogen-bond donors (Lipinski definition) is 1. The first-order valence-corrected chi connectivity index (χ1v) is 7.58. The maximum Gasteiger partial charge on any atom is 0.240 e. The first kappa shape index (κ1) is 14.1. The van der Waals surface area contributed by atoms with Crippen LogP contribution < -0.4 is 5.32 Å². The van der Waals surface area contributed by atoms with Crippen LogP contribution in [0.15, 0.2) is 29.6 Å². The molecule has 1 aliphatic rings. The average Bonchev–Trinajstić information content (AvgIpc) is 3.11. The van der Waals surface area contributed by atoms with Gasteiger partial charge in [0.05, 0.1) is 11.7 Å². The lowest BCUT2D eigenvalue weighted by Crippen LogP contribution is -2.37. The molecule has 5 nitrogen and oxygen atoms in total. The van der Waals surface area contributed by atoms with Crippen molar-refractivity contribution in [1.82, 2.24) is 19.8 Å². The molecule has 1 aliphatic heterocycles. The molecule has 1 N–H and O–H groups in total. The quantitative estimate of drug-likeness (QED) is 0.911. The molecule has 0 aliphatic carbocycles. The van der Waals surface area contributed by atoms with Crippen LogP contribution in [0.25, 0.3) is 0 Å². The molecule has 1 unspecified atom stereocenters. The zero-order valence-corrected chi connectivity index (χ0v) is 12.1. The SMILES string of the molecule is O=C1C(NCc2csnn2)CCN1Cc1ccc(F)cc1. The molecule has 0 bridgehead atoms. The van der Waals surface area contributed by atoms with Crippen molar-refractivity contribution in [1.29, 1.82) is 0 Å². The molecular weight excluding hydrogens is 291 g/mol. The van der Waals surface area contributed by atoms with Gasteiger partial charge in [0.25, 0.3) is 0 Å². The van der Waals surface area contributed by atoms with Gasteiger partial charge in [0.2, 0.25) is 5.91 Å². The third kappa shape index (κ3) is 3.43. The van der Waals surface area contributed by atoms with E-state index in [1.165, 1.54) is 23.7 Å². The van der Waals surface area contributed by atoms with Crippen molar-refractivity contribution in [3.05, 3.63) is 46.7 Å². The molecule has 2 heterocycles. The molecule has 0 radical (unpaired) electrons. The van der Waals surface area contributed by atoms with Crippen molar-refractivity contribution in [3.63, 3.8) is 0 Å². The molecule has 3 rings (SSSR count). The van der Waals surface area contributed by atoms with E-state index in [1.54, 1.807) is 17.0 Å². The van der Waals surface area contributed by atoms with Gasteiger partial charge >= 0.3 is 0 Å². The number of hydrogen-bond acceptors (Lipinski definition) is 5. The van der Waals surface area contributed by atoms with Gasteiger partial charge in [-0.1, -0.05) is 16.6 Å². The van der Waals surface area contributed by atoms with E-state index in [4.69, 9.17) is 0 Å². The Kier molecular flexibility index (Phi) is 4.21. The molecule has 1 atom stereocenters. The van der Waals surface area contributed by atoms with Crippen LogP contribution in [0.1, 0.15) is 17.7 Å². The van der Waals surface area contributed by atoms with E-state index < -0.39 is 0 Å². The highest BCUT2D eigenvalue weighted by Crippen LogP contribution is 2.16. The molecule has 2 aromatic rings. The number of nitrogens with one attached hydrogen (secondary N) is 1. The summed E-state index contributed by atoms with van der Waals surface area (Å²) < 4.78 is 16.7. The molecule has 1 aromatic carbocycles. The van der Waals surface area contributed by atoms with Crippen molar-refractivity contribution in [2.75, 3.05) is 6.54 Å². The zero-order chi connectivity index (χ0) is 14.7. The Labute approximate surface area is 125 Å². The number of rotatable bonds is 5. The number of likely N-dealkylation sites (tertiary alicyclic amines) is 1. The van der Waals surface area contributed by atoms with Crippen LogP contribution in [0.4, 0.5) is 4.39 Å². The molecule has 0 spiro atoms. The fourth-order valence-electron chi connectivity index (χ4n) is 2.38. The van der Waals surface area contributed by atoms with Crippen molar-refractivity contribution >= 4 is 17.4 Å². The maximum absolute atomic E-state index is 12.9. The predicted octanol–water partition coefficient (Wildman–Crippen LogP) is 1.57. The second-order valence-electron chi connectivity index (χ2n) is 5.00. The minimum Gasteiger partial charge on any atom is -0.337 e. The smallest absolute Gasteiger partial charge is 0.240 e. The number of carbonyl (C=O) groups is 1. The summed E-state index contributed by atoms with van der Waals surface area (Å²) in [5.74, 6) is -0.176. The molecular formula is C14H15FN4OS. The second-order valence-corrected chi connectivity index (χ2v) is 5.61. The van der Waals surface area contributed by atoms with Crippen LogP contribution in [0, 0.1) is 5.82 Å². The molecule has 0 saturated carbocycles. The summed E-state index contributed by atoms with van der Waals surface area (Å²) in [6.07, 6.45) is 0.775. The van der Waals surface area contributed by atoms with Crippen LogP contribution in [0.2, 0.25) is 0 Å². The number of halogens is 1. The number of nitrogens with zero attached hydrogens (tertiary/aromatic N) is 3. The highest BCUT2D eigenvalue weighted by molar-refractivity contribution is 7.03. The van der Waals surface area contributed by atoms with E-state index in [0.717, 1.165) is 17.7 Å². The molecule has 1 fully saturated rings. The van der Waals surface area contributed by atoms with Gasteiger partial charge in [-0.2, -0.15) is 0 Å². The monoisotopic (exact) mass is 306 g/mol. The van der Waals surface area contributed by atoms with Crippen LogP contribution in [-0.2, 0) is 17.9 Å². The van der Waals surface area contributed by atoms with Gasteiger partial charge in [-0.05, 0) is 35.6 Å². The Morgan fingerprint density at radius 2 is 2.19 bits per heavy atom. The summed E-state index contributed by atoms with van der Waals surface area (Å²) in [4.78, 5) is 14.1. The second kappa shape index (κ2) is 6.28. The third-order valence-electron chi connectivity index (χ3n) is 3.52. The average molecular weight is 306 g/mol. The van der Waals surface area contributed by atoms with E-state index in [9.17, 15) is 9.18 Å². The van der Waals surface area contributed by atoms with E-state index in [-0.39, 0.29) is 17.8 Å². The normalized spacial score (nSPS) is 18.4. The molecule has 21 heavy (non-hydrogen) atoms. The van der Waals surface area contributed by atoms with Gasteiger partial charge in [0, 0.05) is 25.0 Å². The molecule has 1 saturated heterocycles. The Hall–Kier alpha value is -1.86. The van der Waals surface area contributed by atoms with Gasteiger partial charge in [-0.25, -0.2) is 4.39 Å². The highest BCUT2D eigenvalue weighted by atomic mass is 32.1. The molecule has 110 valence electrons. The molecule has 7 heteroatoms. The van der Waals surface area contributed by atoms with Gasteiger partial charge in [0.1, 0.15) is 5.82 Å². The molecule has 1 amide bonds.